The van der Waals surface area contributed by atoms with E-state index in [1.165, 1.54) is 6.08 Å². The monoisotopic (exact) mass is 258 g/mol. The van der Waals surface area contributed by atoms with Crippen LogP contribution >= 0.6 is 0 Å². The molecule has 19 heavy (non-hydrogen) atoms. The van der Waals surface area contributed by atoms with E-state index >= 15 is 0 Å². The van der Waals surface area contributed by atoms with Gasteiger partial charge in [0.25, 0.3) is 0 Å². The number of hydrazine groups is 1. The van der Waals surface area contributed by atoms with E-state index in [1.54, 1.807) is 6.92 Å². The van der Waals surface area contributed by atoms with Crippen LogP contribution in [0.2, 0.25) is 0 Å². The van der Waals surface area contributed by atoms with Gasteiger partial charge in [-0.05, 0) is 18.1 Å². The Labute approximate surface area is 110 Å². The first-order chi connectivity index (χ1) is 9.16. The molecule has 2 N–H and O–H groups in total. The van der Waals surface area contributed by atoms with Crippen LogP contribution in [-0.2, 0) is 14.3 Å². The van der Waals surface area contributed by atoms with Crippen molar-refractivity contribution in [2.75, 3.05) is 0 Å². The van der Waals surface area contributed by atoms with Gasteiger partial charge in [0.05, 0.1) is 12.0 Å². The van der Waals surface area contributed by atoms with E-state index in [9.17, 15) is 9.59 Å². The van der Waals surface area contributed by atoms with Crippen molar-refractivity contribution >= 4 is 11.9 Å². The van der Waals surface area contributed by atoms with Crippen molar-refractivity contribution in [3.05, 3.63) is 47.5 Å². The molecule has 1 amide bonds. The lowest BCUT2D eigenvalue weighted by molar-refractivity contribution is -0.156. The Morgan fingerprint density at radius 3 is 2.63 bits per heavy atom. The number of hydrogen-bond donors (Lipinski definition) is 2. The summed E-state index contributed by atoms with van der Waals surface area (Å²) >= 11 is 0. The second-order valence-corrected chi connectivity index (χ2v) is 4.79. The number of nitrogens with one attached hydrogen (secondary N) is 2. The first-order valence-corrected chi connectivity index (χ1v) is 6.16. The first kappa shape index (κ1) is 11.9. The van der Waals surface area contributed by atoms with Crippen molar-refractivity contribution in [1.82, 2.24) is 10.9 Å². The minimum absolute atomic E-state index is 0.168. The van der Waals surface area contributed by atoms with Gasteiger partial charge >= 0.3 is 5.97 Å². The molecule has 0 bridgehead atoms. The third-order valence-electron chi connectivity index (χ3n) is 3.54. The number of carbonyl (C=O) groups is 2. The first-order valence-electron chi connectivity index (χ1n) is 6.16. The van der Waals surface area contributed by atoms with Gasteiger partial charge < -0.3 is 4.74 Å². The fourth-order valence-electron chi connectivity index (χ4n) is 2.63. The molecule has 2 aliphatic rings. The van der Waals surface area contributed by atoms with E-state index in [2.05, 4.69) is 10.9 Å². The number of benzene rings is 1. The Morgan fingerprint density at radius 2 is 1.89 bits per heavy atom. The zero-order valence-corrected chi connectivity index (χ0v) is 10.4. The summed E-state index contributed by atoms with van der Waals surface area (Å²) < 4.78 is 5.36. The summed E-state index contributed by atoms with van der Waals surface area (Å²) in [6.45, 7) is 1.78. The number of carbonyl (C=O) groups excluding carboxylic acids is 2. The fourth-order valence-corrected chi connectivity index (χ4v) is 2.63. The molecule has 3 unspecified atom stereocenters. The SMILES string of the molecule is CC1=CC(=O)OC2C1C(=O)NNC2c1ccccc1. The summed E-state index contributed by atoms with van der Waals surface area (Å²) in [4.78, 5) is 23.5. The van der Waals surface area contributed by atoms with Crippen molar-refractivity contribution in [3.63, 3.8) is 0 Å². The van der Waals surface area contributed by atoms with Crippen molar-refractivity contribution in [3.8, 4) is 0 Å². The molecular formula is C14H14N2O3. The van der Waals surface area contributed by atoms with E-state index < -0.39 is 18.0 Å². The second-order valence-electron chi connectivity index (χ2n) is 4.79. The molecule has 0 aliphatic carbocycles. The zero-order chi connectivity index (χ0) is 13.4. The molecule has 0 saturated carbocycles. The number of hydrogen-bond acceptors (Lipinski definition) is 4. The highest BCUT2D eigenvalue weighted by atomic mass is 16.5. The lowest BCUT2D eigenvalue weighted by Crippen LogP contribution is -2.59. The Morgan fingerprint density at radius 1 is 1.16 bits per heavy atom. The second kappa shape index (κ2) is 4.51. The highest BCUT2D eigenvalue weighted by molar-refractivity contribution is 5.90. The third-order valence-corrected chi connectivity index (χ3v) is 3.54. The van der Waals surface area contributed by atoms with Crippen molar-refractivity contribution in [2.45, 2.75) is 19.1 Å². The van der Waals surface area contributed by atoms with Gasteiger partial charge in [0.1, 0.15) is 6.10 Å². The number of fused-ring (bicyclic) bond motifs is 1. The molecule has 2 aliphatic heterocycles. The number of ether oxygens (including phenoxy) is 1. The fraction of sp³-hybridized carbons (Fsp3) is 0.286. The summed E-state index contributed by atoms with van der Waals surface area (Å²) in [7, 11) is 0. The number of amides is 1. The quantitative estimate of drug-likeness (QED) is 0.733. The molecule has 0 spiro atoms. The van der Waals surface area contributed by atoms with Crippen LogP contribution in [0.4, 0.5) is 0 Å². The predicted molar refractivity (Wildman–Crippen MR) is 67.6 cm³/mol. The van der Waals surface area contributed by atoms with Gasteiger partial charge in [-0.25, -0.2) is 10.2 Å². The molecule has 5 nitrogen and oxygen atoms in total. The molecule has 98 valence electrons. The van der Waals surface area contributed by atoms with Gasteiger partial charge in [-0.1, -0.05) is 30.3 Å². The highest BCUT2D eigenvalue weighted by Crippen LogP contribution is 2.34. The van der Waals surface area contributed by atoms with E-state index in [4.69, 9.17) is 4.74 Å². The summed E-state index contributed by atoms with van der Waals surface area (Å²) in [5.41, 5.74) is 7.28. The van der Waals surface area contributed by atoms with E-state index in [-0.39, 0.29) is 11.9 Å². The molecule has 5 heteroatoms. The number of rotatable bonds is 1. The maximum absolute atomic E-state index is 11.9. The van der Waals surface area contributed by atoms with Crippen LogP contribution in [0.5, 0.6) is 0 Å². The highest BCUT2D eigenvalue weighted by Gasteiger charge is 2.45. The third kappa shape index (κ3) is 2.02. The summed E-state index contributed by atoms with van der Waals surface area (Å²) in [6.07, 6.45) is 0.877. The topological polar surface area (TPSA) is 67.4 Å². The van der Waals surface area contributed by atoms with Gasteiger partial charge in [-0.15, -0.1) is 0 Å². The van der Waals surface area contributed by atoms with Crippen LogP contribution < -0.4 is 10.9 Å². The molecule has 2 heterocycles. The van der Waals surface area contributed by atoms with Crippen molar-refractivity contribution < 1.29 is 14.3 Å². The van der Waals surface area contributed by atoms with Gasteiger partial charge in [-0.3, -0.25) is 10.2 Å². The molecule has 3 rings (SSSR count). The van der Waals surface area contributed by atoms with Gasteiger partial charge in [0.15, 0.2) is 0 Å². The maximum Gasteiger partial charge on any atom is 0.331 e. The Hall–Kier alpha value is -2.14. The van der Waals surface area contributed by atoms with E-state index in [0.29, 0.717) is 0 Å². The van der Waals surface area contributed by atoms with Crippen LogP contribution in [0.1, 0.15) is 18.5 Å². The Kier molecular flexibility index (Phi) is 2.83. The van der Waals surface area contributed by atoms with Gasteiger partial charge in [0, 0.05) is 6.08 Å². The molecule has 1 aromatic rings. The van der Waals surface area contributed by atoms with Crippen LogP contribution in [0.15, 0.2) is 42.0 Å². The Bertz CT molecular complexity index is 553. The van der Waals surface area contributed by atoms with Crippen LogP contribution in [-0.4, -0.2) is 18.0 Å². The normalized spacial score (nSPS) is 29.9. The minimum atomic E-state index is -0.506. The largest absolute Gasteiger partial charge is 0.456 e. The molecule has 1 fully saturated rings. The summed E-state index contributed by atoms with van der Waals surface area (Å²) in [5, 5.41) is 0. The van der Waals surface area contributed by atoms with Crippen LogP contribution in [0, 0.1) is 5.92 Å². The molecule has 3 atom stereocenters. The predicted octanol–water partition coefficient (Wildman–Crippen LogP) is 0.850. The average Bonchev–Trinajstić information content (AvgIpc) is 2.39. The standard InChI is InChI=1S/C14H14N2O3/c1-8-7-10(17)19-13-11(8)14(18)16-15-12(13)9-5-3-2-4-6-9/h2-7,11-13,15H,1H3,(H,16,18). The summed E-state index contributed by atoms with van der Waals surface area (Å²) in [5.74, 6) is -0.987. The maximum atomic E-state index is 11.9. The van der Waals surface area contributed by atoms with Crippen molar-refractivity contribution in [1.29, 1.82) is 0 Å². The number of esters is 1. The van der Waals surface area contributed by atoms with Crippen molar-refractivity contribution in [2.24, 2.45) is 5.92 Å². The zero-order valence-electron chi connectivity index (χ0n) is 10.4. The van der Waals surface area contributed by atoms with Crippen LogP contribution in [0.25, 0.3) is 0 Å². The lowest BCUT2D eigenvalue weighted by Gasteiger charge is -2.40. The summed E-state index contributed by atoms with van der Waals surface area (Å²) in [6, 6.07) is 9.38. The van der Waals surface area contributed by atoms with E-state index in [0.717, 1.165) is 11.1 Å². The Balaban J connectivity index is 1.98. The van der Waals surface area contributed by atoms with E-state index in [1.807, 2.05) is 30.3 Å². The molecule has 0 radical (unpaired) electrons. The molecule has 0 aromatic heterocycles. The minimum Gasteiger partial charge on any atom is -0.456 e. The average molecular weight is 258 g/mol. The van der Waals surface area contributed by atoms with Gasteiger partial charge in [-0.2, -0.15) is 0 Å². The molecular weight excluding hydrogens is 244 g/mol. The lowest BCUT2D eigenvalue weighted by atomic mass is 9.83. The molecule has 1 aromatic carbocycles. The van der Waals surface area contributed by atoms with Gasteiger partial charge in [0.2, 0.25) is 5.91 Å². The smallest absolute Gasteiger partial charge is 0.331 e. The molecule has 1 saturated heterocycles. The van der Waals surface area contributed by atoms with Crippen LogP contribution in [0.3, 0.4) is 0 Å².